The first-order valence-corrected chi connectivity index (χ1v) is 13.6. The van der Waals surface area contributed by atoms with E-state index in [1.807, 2.05) is 0 Å². The van der Waals surface area contributed by atoms with Crippen LogP contribution in [0.2, 0.25) is 0 Å². The van der Waals surface area contributed by atoms with Crippen LogP contribution < -0.4 is 21.3 Å². The Hall–Kier alpha value is -2.41. The summed E-state index contributed by atoms with van der Waals surface area (Å²) in [7, 11) is 4.85. The monoisotopic (exact) mass is 541 g/mol. The van der Waals surface area contributed by atoms with Crippen molar-refractivity contribution in [1.29, 1.82) is 0 Å². The summed E-state index contributed by atoms with van der Waals surface area (Å²) < 4.78 is 0. The van der Waals surface area contributed by atoms with Gasteiger partial charge in [0.2, 0.25) is 17.7 Å². The van der Waals surface area contributed by atoms with E-state index in [4.69, 9.17) is 0 Å². The Labute approximate surface area is 228 Å². The highest BCUT2D eigenvalue weighted by Gasteiger charge is 2.15. The van der Waals surface area contributed by atoms with Crippen LogP contribution in [0.25, 0.3) is 0 Å². The summed E-state index contributed by atoms with van der Waals surface area (Å²) in [4.78, 5) is 64.8. The molecule has 0 aromatic carbocycles. The molecular weight excluding hydrogens is 490 g/mol. The summed E-state index contributed by atoms with van der Waals surface area (Å²) in [5.74, 6) is 0.161. The first-order valence-electron chi connectivity index (χ1n) is 13.6. The average Bonchev–Trinajstić information content (AvgIpc) is 2.90. The van der Waals surface area contributed by atoms with E-state index in [-0.39, 0.29) is 29.3 Å². The minimum absolute atomic E-state index is 0.00892. The fraction of sp³-hybridized carbons (Fsp3) is 0.808. The van der Waals surface area contributed by atoms with E-state index in [0.29, 0.717) is 91.0 Å². The van der Waals surface area contributed by atoms with Crippen molar-refractivity contribution in [2.75, 3.05) is 93.1 Å². The summed E-state index contributed by atoms with van der Waals surface area (Å²) in [6.45, 7) is 10.3. The fourth-order valence-electron chi connectivity index (χ4n) is 3.66. The van der Waals surface area contributed by atoms with E-state index in [9.17, 15) is 24.0 Å². The van der Waals surface area contributed by atoms with Crippen LogP contribution in [-0.2, 0) is 24.0 Å². The molecule has 0 atom stereocenters. The summed E-state index contributed by atoms with van der Waals surface area (Å²) >= 11 is 0. The molecule has 0 heterocycles. The smallest absolute Gasteiger partial charge is 0.221 e. The summed E-state index contributed by atoms with van der Waals surface area (Å²) in [6.07, 6.45) is 2.04. The molecule has 0 unspecified atom stereocenters. The van der Waals surface area contributed by atoms with Crippen molar-refractivity contribution in [2.45, 2.75) is 46.0 Å². The zero-order valence-electron chi connectivity index (χ0n) is 24.2. The van der Waals surface area contributed by atoms with E-state index in [1.165, 1.54) is 0 Å². The lowest BCUT2D eigenvalue weighted by atomic mass is 10.2. The topological polar surface area (TPSA) is 143 Å². The molecule has 0 aromatic rings. The third-order valence-corrected chi connectivity index (χ3v) is 6.31. The van der Waals surface area contributed by atoms with Crippen molar-refractivity contribution >= 4 is 29.3 Å². The van der Waals surface area contributed by atoms with Gasteiger partial charge in [0.15, 0.2) is 0 Å². The SMILES string of the molecule is CNC(=O)CCNCCN(CCC(C)=O)CCN(CCC(=O)NC)CCN(CCC(C)=O)CCC(=O)NC. The summed E-state index contributed by atoms with van der Waals surface area (Å²) in [6, 6.07) is 0. The normalized spacial score (nSPS) is 11.2. The number of rotatable bonds is 24. The summed E-state index contributed by atoms with van der Waals surface area (Å²) in [5, 5.41) is 11.2. The Kier molecular flexibility index (Phi) is 21.1. The number of carbonyl (C=O) groups is 5. The van der Waals surface area contributed by atoms with E-state index >= 15 is 0 Å². The van der Waals surface area contributed by atoms with Gasteiger partial charge in [0.25, 0.3) is 0 Å². The van der Waals surface area contributed by atoms with Crippen molar-refractivity contribution < 1.29 is 24.0 Å². The predicted octanol–water partition coefficient (Wildman–Crippen LogP) is -1.15. The van der Waals surface area contributed by atoms with Gasteiger partial charge in [-0.1, -0.05) is 0 Å². The van der Waals surface area contributed by atoms with Crippen LogP contribution in [-0.4, -0.2) is 137 Å². The first kappa shape index (κ1) is 35.6. The first-order chi connectivity index (χ1) is 18.1. The maximum Gasteiger partial charge on any atom is 0.221 e. The molecule has 0 rings (SSSR count). The Morgan fingerprint density at radius 3 is 1.18 bits per heavy atom. The largest absolute Gasteiger partial charge is 0.359 e. The lowest BCUT2D eigenvalue weighted by Gasteiger charge is -2.30. The van der Waals surface area contributed by atoms with Crippen molar-refractivity contribution in [3.8, 4) is 0 Å². The number of hydrogen-bond acceptors (Lipinski definition) is 9. The van der Waals surface area contributed by atoms with Crippen LogP contribution in [0.5, 0.6) is 0 Å². The minimum Gasteiger partial charge on any atom is -0.359 e. The molecule has 12 nitrogen and oxygen atoms in total. The third kappa shape index (κ3) is 20.6. The number of hydrogen-bond donors (Lipinski definition) is 4. The van der Waals surface area contributed by atoms with Crippen molar-refractivity contribution in [3.63, 3.8) is 0 Å². The van der Waals surface area contributed by atoms with Crippen LogP contribution in [0.15, 0.2) is 0 Å². The Bertz CT molecular complexity index is 720. The second-order valence-electron chi connectivity index (χ2n) is 9.45. The molecule has 0 bridgehead atoms. The maximum absolute atomic E-state index is 11.9. The molecule has 0 saturated heterocycles. The van der Waals surface area contributed by atoms with Gasteiger partial charge in [-0.05, 0) is 13.8 Å². The number of ketones is 2. The third-order valence-electron chi connectivity index (χ3n) is 6.31. The van der Waals surface area contributed by atoms with E-state index in [0.717, 1.165) is 13.1 Å². The average molecular weight is 542 g/mol. The highest BCUT2D eigenvalue weighted by Crippen LogP contribution is 2.01. The van der Waals surface area contributed by atoms with Crippen LogP contribution >= 0.6 is 0 Å². The molecule has 0 aromatic heterocycles. The number of Topliss-reactive ketones (excluding diaryl/α,β-unsaturated/α-hetero) is 2. The molecule has 38 heavy (non-hydrogen) atoms. The van der Waals surface area contributed by atoms with E-state index < -0.39 is 0 Å². The Morgan fingerprint density at radius 1 is 0.447 bits per heavy atom. The standard InChI is InChI=1S/C26H51N7O5/c1-22(34)7-13-31(15-9-25(37)28-4)18-20-33(16-10-26(38)29-5)21-19-32(14-8-23(2)35)17-12-30-11-6-24(36)27-3/h30H,6-21H2,1-5H3,(H,27,36)(H,28,37)(H,29,38). The highest BCUT2D eigenvalue weighted by molar-refractivity contribution is 5.77. The molecular formula is C26H51N7O5. The molecule has 0 aliphatic carbocycles. The molecule has 0 spiro atoms. The van der Waals surface area contributed by atoms with Crippen LogP contribution in [0, 0.1) is 0 Å². The number of nitrogens with one attached hydrogen (secondary N) is 4. The second kappa shape index (κ2) is 22.6. The zero-order valence-corrected chi connectivity index (χ0v) is 24.2. The molecule has 0 fully saturated rings. The number of nitrogens with zero attached hydrogens (tertiary/aromatic N) is 3. The van der Waals surface area contributed by atoms with Crippen molar-refractivity contribution in [1.82, 2.24) is 36.0 Å². The Morgan fingerprint density at radius 2 is 0.789 bits per heavy atom. The maximum atomic E-state index is 11.9. The molecule has 220 valence electrons. The molecule has 0 radical (unpaired) electrons. The minimum atomic E-state index is -0.0423. The van der Waals surface area contributed by atoms with Crippen molar-refractivity contribution in [2.24, 2.45) is 0 Å². The molecule has 0 saturated carbocycles. The van der Waals surface area contributed by atoms with Gasteiger partial charge in [-0.3, -0.25) is 24.0 Å². The van der Waals surface area contributed by atoms with Gasteiger partial charge in [-0.25, -0.2) is 0 Å². The molecule has 3 amide bonds. The van der Waals surface area contributed by atoms with Gasteiger partial charge in [0, 0.05) is 125 Å². The van der Waals surface area contributed by atoms with Gasteiger partial charge in [0.05, 0.1) is 0 Å². The van der Waals surface area contributed by atoms with Crippen LogP contribution in [0.1, 0.15) is 46.0 Å². The van der Waals surface area contributed by atoms with Gasteiger partial charge < -0.3 is 36.0 Å². The second-order valence-corrected chi connectivity index (χ2v) is 9.45. The molecule has 0 aliphatic heterocycles. The van der Waals surface area contributed by atoms with Gasteiger partial charge in [0.1, 0.15) is 11.6 Å². The molecule has 12 heteroatoms. The lowest BCUT2D eigenvalue weighted by molar-refractivity contribution is -0.122. The van der Waals surface area contributed by atoms with Crippen LogP contribution in [0.3, 0.4) is 0 Å². The number of amides is 3. The fourth-order valence-corrected chi connectivity index (χ4v) is 3.66. The van der Waals surface area contributed by atoms with Crippen LogP contribution in [0.4, 0.5) is 0 Å². The highest BCUT2D eigenvalue weighted by atomic mass is 16.2. The quantitative estimate of drug-likeness (QED) is 0.111. The van der Waals surface area contributed by atoms with Gasteiger partial charge >= 0.3 is 0 Å². The van der Waals surface area contributed by atoms with E-state index in [2.05, 4.69) is 36.0 Å². The summed E-state index contributed by atoms with van der Waals surface area (Å²) in [5.41, 5.74) is 0. The lowest BCUT2D eigenvalue weighted by Crippen LogP contribution is -2.43. The zero-order chi connectivity index (χ0) is 28.8. The number of carbonyl (C=O) groups excluding carboxylic acids is 5. The predicted molar refractivity (Wildman–Crippen MR) is 149 cm³/mol. The van der Waals surface area contributed by atoms with Gasteiger partial charge in [-0.15, -0.1) is 0 Å². The molecule has 4 N–H and O–H groups in total. The van der Waals surface area contributed by atoms with Crippen molar-refractivity contribution in [3.05, 3.63) is 0 Å². The Balaban J connectivity index is 5.08. The van der Waals surface area contributed by atoms with Gasteiger partial charge in [-0.2, -0.15) is 0 Å². The molecule has 0 aliphatic rings. The van der Waals surface area contributed by atoms with E-state index in [1.54, 1.807) is 35.0 Å².